The number of aromatic nitrogens is 2. The minimum Gasteiger partial charge on any atom is -0.435 e. The molecule has 31 heavy (non-hydrogen) atoms. The summed E-state index contributed by atoms with van der Waals surface area (Å²) in [7, 11) is 0. The van der Waals surface area contributed by atoms with Gasteiger partial charge < -0.3 is 4.74 Å². The lowest BCUT2D eigenvalue weighted by Crippen LogP contribution is -2.33. The highest BCUT2D eigenvalue weighted by Crippen LogP contribution is 2.46. The first-order valence-electron chi connectivity index (χ1n) is 9.32. The predicted octanol–water partition coefficient (Wildman–Crippen LogP) is 4.66. The van der Waals surface area contributed by atoms with Gasteiger partial charge in [0.05, 0.1) is 16.8 Å². The second kappa shape index (κ2) is 7.69. The van der Waals surface area contributed by atoms with Crippen LogP contribution < -0.4 is 15.0 Å². The lowest BCUT2D eigenvalue weighted by atomic mass is 9.85. The number of fused-ring (bicyclic) bond motifs is 1. The van der Waals surface area contributed by atoms with Crippen molar-refractivity contribution in [3.8, 4) is 5.75 Å². The third-order valence-corrected chi connectivity index (χ3v) is 5.71. The Morgan fingerprint density at radius 2 is 1.97 bits per heavy atom. The number of hydrogen-bond donors (Lipinski definition) is 1. The lowest BCUT2D eigenvalue weighted by Gasteiger charge is -2.21. The van der Waals surface area contributed by atoms with Crippen molar-refractivity contribution >= 4 is 39.7 Å². The number of benzene rings is 2. The molecule has 0 saturated heterocycles. The van der Waals surface area contributed by atoms with E-state index in [9.17, 15) is 18.4 Å². The maximum absolute atomic E-state index is 13.2. The topological polar surface area (TPSA) is 84.4 Å². The molecule has 0 spiro atoms. The molecule has 0 saturated carbocycles. The number of carbonyl (C=O) groups excluding carboxylic acids is 2. The molecular weight excluding hydrogens is 426 g/mol. The zero-order chi connectivity index (χ0) is 22.3. The van der Waals surface area contributed by atoms with Crippen LogP contribution in [0.25, 0.3) is 0 Å². The molecule has 1 aliphatic heterocycles. The van der Waals surface area contributed by atoms with Gasteiger partial charge in [0.15, 0.2) is 0 Å². The molecule has 0 radical (unpaired) electrons. The number of hydrogen-bond acceptors (Lipinski definition) is 6. The van der Waals surface area contributed by atoms with Gasteiger partial charge in [0, 0.05) is 11.6 Å². The Morgan fingerprint density at radius 3 is 2.65 bits per heavy atom. The first-order valence-corrected chi connectivity index (χ1v) is 10.1. The van der Waals surface area contributed by atoms with Crippen molar-refractivity contribution in [1.82, 2.24) is 10.2 Å². The maximum Gasteiger partial charge on any atom is 0.387 e. The van der Waals surface area contributed by atoms with Crippen molar-refractivity contribution < 1.29 is 23.1 Å². The zero-order valence-electron chi connectivity index (χ0n) is 16.8. The van der Waals surface area contributed by atoms with Gasteiger partial charge in [-0.2, -0.15) is 8.78 Å². The van der Waals surface area contributed by atoms with Gasteiger partial charge in [-0.3, -0.25) is 19.8 Å². The normalized spacial score (nSPS) is 14.6. The van der Waals surface area contributed by atoms with Crippen LogP contribution in [0.2, 0.25) is 0 Å². The third kappa shape index (κ3) is 3.86. The monoisotopic (exact) mass is 444 g/mol. The summed E-state index contributed by atoms with van der Waals surface area (Å²) in [5.41, 5.74) is 1.07. The van der Waals surface area contributed by atoms with Crippen molar-refractivity contribution in [2.45, 2.75) is 32.8 Å². The Hall–Kier alpha value is -3.40. The first kappa shape index (κ1) is 20.9. The summed E-state index contributed by atoms with van der Waals surface area (Å²) >= 11 is 1.26. The van der Waals surface area contributed by atoms with Crippen LogP contribution >= 0.6 is 11.3 Å². The van der Waals surface area contributed by atoms with Gasteiger partial charge in [-0.15, -0.1) is 10.2 Å². The summed E-state index contributed by atoms with van der Waals surface area (Å²) in [6, 6.07) is 10.9. The van der Waals surface area contributed by atoms with E-state index >= 15 is 0 Å². The van der Waals surface area contributed by atoms with E-state index in [1.165, 1.54) is 34.4 Å². The van der Waals surface area contributed by atoms with Gasteiger partial charge in [0.25, 0.3) is 5.91 Å². The Labute approximate surface area is 180 Å². The molecular formula is C21H18F2N4O3S. The number of nitrogens with one attached hydrogen (secondary N) is 1. The van der Waals surface area contributed by atoms with E-state index in [4.69, 9.17) is 0 Å². The van der Waals surface area contributed by atoms with Gasteiger partial charge in [-0.25, -0.2) is 0 Å². The highest BCUT2D eigenvalue weighted by Gasteiger charge is 2.45. The van der Waals surface area contributed by atoms with E-state index in [0.717, 1.165) is 5.01 Å². The van der Waals surface area contributed by atoms with Gasteiger partial charge in [-0.05, 0) is 56.7 Å². The Bertz CT molecular complexity index is 1180. The molecule has 4 rings (SSSR count). The second-order valence-electron chi connectivity index (χ2n) is 7.45. The number of anilines is 3. The summed E-state index contributed by atoms with van der Waals surface area (Å²) in [4.78, 5) is 27.3. The standard InChI is InChI=1S/C21H18F2N4O3S/c1-11-25-26-20(31-11)24-17(28)12-7-8-16-15(9-12)21(2,3)18(29)27(16)13-5-4-6-14(10-13)30-19(22)23/h4-10,19H,1-3H3,(H,24,26,28). The molecule has 0 aliphatic carbocycles. The minimum absolute atomic E-state index is 0.0464. The molecule has 1 N–H and O–H groups in total. The minimum atomic E-state index is -2.97. The van der Waals surface area contributed by atoms with Crippen LogP contribution in [0.1, 0.15) is 34.8 Å². The van der Waals surface area contributed by atoms with Gasteiger partial charge in [0.2, 0.25) is 11.0 Å². The maximum atomic E-state index is 13.2. The summed E-state index contributed by atoms with van der Waals surface area (Å²) in [5, 5.41) is 11.6. The van der Waals surface area contributed by atoms with Crippen LogP contribution in [0.15, 0.2) is 42.5 Å². The van der Waals surface area contributed by atoms with Crippen LogP contribution in [-0.2, 0) is 10.2 Å². The molecule has 1 aromatic heterocycles. The molecule has 7 nitrogen and oxygen atoms in total. The number of aryl methyl sites for hydroxylation is 1. The Morgan fingerprint density at radius 1 is 1.19 bits per heavy atom. The summed E-state index contributed by atoms with van der Waals surface area (Å²) in [5.74, 6) is -0.656. The van der Waals surface area contributed by atoms with Crippen molar-refractivity contribution in [2.24, 2.45) is 0 Å². The van der Waals surface area contributed by atoms with Crippen LogP contribution in [0.5, 0.6) is 5.75 Å². The number of halogens is 2. The number of ether oxygens (including phenoxy) is 1. The Kier molecular flexibility index (Phi) is 5.18. The molecule has 10 heteroatoms. The third-order valence-electron chi connectivity index (χ3n) is 4.96. The van der Waals surface area contributed by atoms with Crippen molar-refractivity contribution in [3.05, 3.63) is 58.6 Å². The predicted molar refractivity (Wildman–Crippen MR) is 112 cm³/mol. The fourth-order valence-corrected chi connectivity index (χ4v) is 4.04. The molecule has 0 unspecified atom stereocenters. The number of alkyl halides is 2. The molecule has 0 bridgehead atoms. The fraction of sp³-hybridized carbons (Fsp3) is 0.238. The van der Waals surface area contributed by atoms with Crippen LogP contribution in [-0.4, -0.2) is 28.6 Å². The SMILES string of the molecule is Cc1nnc(NC(=O)c2ccc3c(c2)C(C)(C)C(=O)N3c2cccc(OC(F)F)c2)s1. The van der Waals surface area contributed by atoms with Gasteiger partial charge >= 0.3 is 6.61 Å². The molecule has 0 fully saturated rings. The molecule has 0 atom stereocenters. The summed E-state index contributed by atoms with van der Waals surface area (Å²) in [6.45, 7) is 2.32. The van der Waals surface area contributed by atoms with E-state index in [0.29, 0.717) is 27.6 Å². The molecule has 160 valence electrons. The summed E-state index contributed by atoms with van der Waals surface area (Å²) < 4.78 is 29.7. The molecule has 2 amide bonds. The van der Waals surface area contributed by atoms with Crippen LogP contribution in [0, 0.1) is 6.92 Å². The van der Waals surface area contributed by atoms with E-state index in [1.807, 2.05) is 0 Å². The van der Waals surface area contributed by atoms with Crippen LogP contribution in [0.4, 0.5) is 25.3 Å². The smallest absolute Gasteiger partial charge is 0.387 e. The second-order valence-corrected chi connectivity index (χ2v) is 8.64. The van der Waals surface area contributed by atoms with E-state index in [-0.39, 0.29) is 17.6 Å². The largest absolute Gasteiger partial charge is 0.435 e. The number of nitrogens with zero attached hydrogens (tertiary/aromatic N) is 3. The van der Waals surface area contributed by atoms with Crippen molar-refractivity contribution in [2.75, 3.05) is 10.2 Å². The highest BCUT2D eigenvalue weighted by molar-refractivity contribution is 7.15. The number of rotatable bonds is 5. The lowest BCUT2D eigenvalue weighted by molar-refractivity contribution is -0.121. The van der Waals surface area contributed by atoms with Crippen LogP contribution in [0.3, 0.4) is 0 Å². The average Bonchev–Trinajstić information content (AvgIpc) is 3.20. The van der Waals surface area contributed by atoms with Crippen molar-refractivity contribution in [3.63, 3.8) is 0 Å². The van der Waals surface area contributed by atoms with Gasteiger partial charge in [0.1, 0.15) is 10.8 Å². The van der Waals surface area contributed by atoms with E-state index in [2.05, 4.69) is 20.3 Å². The average molecular weight is 444 g/mol. The van der Waals surface area contributed by atoms with Gasteiger partial charge in [-0.1, -0.05) is 17.4 Å². The van der Waals surface area contributed by atoms with E-state index in [1.54, 1.807) is 45.0 Å². The quantitative estimate of drug-likeness (QED) is 0.619. The Balaban J connectivity index is 1.69. The first-order chi connectivity index (χ1) is 14.7. The molecule has 3 aromatic rings. The van der Waals surface area contributed by atoms with E-state index < -0.39 is 12.0 Å². The molecule has 1 aliphatic rings. The fourth-order valence-electron chi connectivity index (χ4n) is 3.45. The number of carbonyl (C=O) groups is 2. The number of amides is 2. The molecule has 2 heterocycles. The highest BCUT2D eigenvalue weighted by atomic mass is 32.1. The molecule has 2 aromatic carbocycles. The van der Waals surface area contributed by atoms with Crippen molar-refractivity contribution in [1.29, 1.82) is 0 Å². The zero-order valence-corrected chi connectivity index (χ0v) is 17.7. The summed E-state index contributed by atoms with van der Waals surface area (Å²) in [6.07, 6.45) is 0.